The number of imide groups is 2. The molecule has 9 nitrogen and oxygen atoms in total. The summed E-state index contributed by atoms with van der Waals surface area (Å²) in [7, 11) is 0. The van der Waals surface area contributed by atoms with Crippen molar-refractivity contribution in [2.75, 3.05) is 11.5 Å². The van der Waals surface area contributed by atoms with Gasteiger partial charge in [0.2, 0.25) is 0 Å². The largest absolute Gasteiger partial charge is 0.399 e. The van der Waals surface area contributed by atoms with E-state index in [9.17, 15) is 24.0 Å². The van der Waals surface area contributed by atoms with Crippen molar-refractivity contribution in [2.45, 2.75) is 0 Å². The van der Waals surface area contributed by atoms with Crippen molar-refractivity contribution < 1.29 is 24.0 Å². The lowest BCUT2D eigenvalue weighted by Gasteiger charge is -2.04. The van der Waals surface area contributed by atoms with Gasteiger partial charge < -0.3 is 11.5 Å². The molecule has 2 aliphatic rings. The van der Waals surface area contributed by atoms with Crippen LogP contribution in [-0.4, -0.2) is 29.4 Å². The van der Waals surface area contributed by atoms with Crippen LogP contribution >= 0.6 is 0 Å². The first-order valence-electron chi connectivity index (χ1n) is 9.40. The summed E-state index contributed by atoms with van der Waals surface area (Å²) in [5.74, 6) is -2.52. The van der Waals surface area contributed by atoms with E-state index in [4.69, 9.17) is 11.5 Å². The number of hydrogen-bond donors (Lipinski definition) is 4. The molecule has 4 amide bonds. The van der Waals surface area contributed by atoms with Gasteiger partial charge in [-0.15, -0.1) is 0 Å². The highest BCUT2D eigenvalue weighted by molar-refractivity contribution is 6.24. The Kier molecular flexibility index (Phi) is 4.99. The van der Waals surface area contributed by atoms with Crippen molar-refractivity contribution in [2.24, 2.45) is 0 Å². The maximum atomic E-state index is 12.6. The van der Waals surface area contributed by atoms with Crippen LogP contribution in [0.25, 0.3) is 0 Å². The lowest BCUT2D eigenvalue weighted by atomic mass is 9.96. The van der Waals surface area contributed by atoms with Gasteiger partial charge in [0.1, 0.15) is 0 Å². The average molecular weight is 428 g/mol. The molecule has 0 unspecified atom stereocenters. The fourth-order valence-corrected chi connectivity index (χ4v) is 3.28. The third-order valence-corrected chi connectivity index (χ3v) is 4.93. The summed E-state index contributed by atoms with van der Waals surface area (Å²) in [6.07, 6.45) is 0. The van der Waals surface area contributed by atoms with Gasteiger partial charge in [-0.2, -0.15) is 0 Å². The highest BCUT2D eigenvalue weighted by Gasteiger charge is 2.29. The Morgan fingerprint density at radius 1 is 0.531 bits per heavy atom. The van der Waals surface area contributed by atoms with Gasteiger partial charge in [0.25, 0.3) is 23.6 Å². The number of anilines is 2. The maximum absolute atomic E-state index is 12.6. The van der Waals surface area contributed by atoms with Gasteiger partial charge in [0, 0.05) is 22.5 Å². The molecule has 0 saturated heterocycles. The summed E-state index contributed by atoms with van der Waals surface area (Å²) in [5.41, 5.74) is 13.4. The van der Waals surface area contributed by atoms with Crippen LogP contribution in [0.4, 0.5) is 11.4 Å². The molecule has 6 N–H and O–H groups in total. The maximum Gasteiger partial charge on any atom is 0.258 e. The zero-order chi connectivity index (χ0) is 23.0. The Balaban J connectivity index is 0.000000260. The van der Waals surface area contributed by atoms with Crippen molar-refractivity contribution in [1.29, 1.82) is 0 Å². The number of carbonyl (C=O) groups excluding carboxylic acids is 5. The van der Waals surface area contributed by atoms with Gasteiger partial charge in [0.15, 0.2) is 5.78 Å². The lowest BCUT2D eigenvalue weighted by Crippen LogP contribution is -2.19. The lowest BCUT2D eigenvalue weighted by molar-refractivity contribution is 0.0863. The van der Waals surface area contributed by atoms with Gasteiger partial charge >= 0.3 is 0 Å². The molecule has 0 fully saturated rings. The Morgan fingerprint density at radius 3 is 1.25 bits per heavy atom. The minimum atomic E-state index is -0.552. The molecule has 0 saturated carbocycles. The van der Waals surface area contributed by atoms with E-state index in [-0.39, 0.29) is 33.4 Å². The quantitative estimate of drug-likeness (QED) is 0.273. The van der Waals surface area contributed by atoms with Crippen LogP contribution in [0, 0.1) is 0 Å². The molecule has 0 radical (unpaired) electrons. The molecule has 5 rings (SSSR count). The van der Waals surface area contributed by atoms with E-state index < -0.39 is 29.4 Å². The topological polar surface area (TPSA) is 161 Å². The van der Waals surface area contributed by atoms with Crippen molar-refractivity contribution in [3.8, 4) is 0 Å². The molecular formula is C23H16N4O5. The predicted molar refractivity (Wildman–Crippen MR) is 115 cm³/mol. The smallest absolute Gasteiger partial charge is 0.258 e. The Bertz CT molecular complexity index is 1230. The molecular weight excluding hydrogens is 412 g/mol. The van der Waals surface area contributed by atoms with E-state index in [1.54, 1.807) is 24.3 Å². The molecule has 2 heterocycles. The molecule has 0 aliphatic carbocycles. The number of ketones is 1. The third kappa shape index (κ3) is 3.70. The molecule has 2 aliphatic heterocycles. The van der Waals surface area contributed by atoms with Crippen LogP contribution < -0.4 is 22.1 Å². The number of fused-ring (bicyclic) bond motifs is 2. The molecule has 0 aromatic heterocycles. The SMILES string of the molecule is Nc1ccc(N)cc1.O=C(c1ccc2c(c1)C(=O)NC2=O)c1ccc2c(c1)C(=O)NC2=O. The number of nitrogens with two attached hydrogens (primary N) is 2. The molecule has 3 aromatic rings. The fourth-order valence-electron chi connectivity index (χ4n) is 3.28. The van der Waals surface area contributed by atoms with Gasteiger partial charge in [-0.1, -0.05) is 12.1 Å². The van der Waals surface area contributed by atoms with Gasteiger partial charge in [-0.05, 0) is 48.5 Å². The number of rotatable bonds is 2. The predicted octanol–water partition coefficient (Wildman–Crippen LogP) is 1.54. The van der Waals surface area contributed by atoms with Crippen LogP contribution in [0.5, 0.6) is 0 Å². The van der Waals surface area contributed by atoms with Crippen LogP contribution in [0.3, 0.4) is 0 Å². The van der Waals surface area contributed by atoms with Crippen LogP contribution in [-0.2, 0) is 0 Å². The number of benzene rings is 3. The fraction of sp³-hybridized carbons (Fsp3) is 0. The highest BCUT2D eigenvalue weighted by atomic mass is 16.2. The molecule has 32 heavy (non-hydrogen) atoms. The molecule has 0 spiro atoms. The summed E-state index contributed by atoms with van der Waals surface area (Å²) in [4.78, 5) is 59.0. The molecule has 0 bridgehead atoms. The second kappa shape index (κ2) is 7.80. The van der Waals surface area contributed by atoms with Crippen molar-refractivity contribution >= 4 is 40.8 Å². The summed E-state index contributed by atoms with van der Waals surface area (Å²) in [5, 5.41) is 4.31. The van der Waals surface area contributed by atoms with E-state index >= 15 is 0 Å². The minimum Gasteiger partial charge on any atom is -0.399 e. The molecule has 9 heteroatoms. The third-order valence-electron chi connectivity index (χ3n) is 4.93. The number of amides is 4. The first kappa shape index (κ1) is 20.5. The monoisotopic (exact) mass is 428 g/mol. The molecule has 158 valence electrons. The van der Waals surface area contributed by atoms with Crippen LogP contribution in [0.1, 0.15) is 57.4 Å². The van der Waals surface area contributed by atoms with Crippen LogP contribution in [0.15, 0.2) is 60.7 Å². The summed E-state index contributed by atoms with van der Waals surface area (Å²) < 4.78 is 0. The van der Waals surface area contributed by atoms with E-state index in [2.05, 4.69) is 10.6 Å². The normalized spacial score (nSPS) is 13.5. The van der Waals surface area contributed by atoms with Crippen molar-refractivity contribution in [3.05, 3.63) is 94.0 Å². The highest BCUT2D eigenvalue weighted by Crippen LogP contribution is 2.22. The minimum absolute atomic E-state index is 0.139. The van der Waals surface area contributed by atoms with Gasteiger partial charge in [-0.25, -0.2) is 0 Å². The second-order valence-electron chi connectivity index (χ2n) is 7.08. The van der Waals surface area contributed by atoms with Gasteiger partial charge in [0.05, 0.1) is 22.3 Å². The summed E-state index contributed by atoms with van der Waals surface area (Å²) in [6, 6.07) is 15.5. The van der Waals surface area contributed by atoms with E-state index in [0.717, 1.165) is 11.4 Å². The number of carbonyl (C=O) groups is 5. The van der Waals surface area contributed by atoms with Crippen molar-refractivity contribution in [1.82, 2.24) is 10.6 Å². The molecule has 3 aromatic carbocycles. The zero-order valence-corrected chi connectivity index (χ0v) is 16.5. The second-order valence-corrected chi connectivity index (χ2v) is 7.08. The first-order valence-corrected chi connectivity index (χ1v) is 9.40. The van der Waals surface area contributed by atoms with E-state index in [1.165, 1.54) is 36.4 Å². The Hall–Kier alpha value is -4.79. The Morgan fingerprint density at radius 2 is 0.875 bits per heavy atom. The molecule has 0 atom stereocenters. The van der Waals surface area contributed by atoms with Crippen molar-refractivity contribution in [3.63, 3.8) is 0 Å². The number of hydrogen-bond acceptors (Lipinski definition) is 7. The van der Waals surface area contributed by atoms with Crippen LogP contribution in [0.2, 0.25) is 0 Å². The first-order chi connectivity index (χ1) is 15.2. The standard InChI is InChI=1S/C17H8N2O5.C6H8N2/c20-13(7-1-3-9-11(5-7)16(23)18-14(9)21)8-2-4-10-12(6-8)17(24)19-15(10)22;7-5-1-2-6(8)4-3-5/h1-6H,(H,18,21,23)(H,19,22,24);1-4H,7-8H2. The number of nitrogens with one attached hydrogen (secondary N) is 2. The number of nitrogen functional groups attached to an aromatic ring is 2. The van der Waals surface area contributed by atoms with E-state index in [1.807, 2.05) is 0 Å². The summed E-state index contributed by atoms with van der Waals surface area (Å²) >= 11 is 0. The zero-order valence-electron chi connectivity index (χ0n) is 16.5. The van der Waals surface area contributed by atoms with Gasteiger partial charge in [-0.3, -0.25) is 34.6 Å². The Labute approximate surface area is 181 Å². The summed E-state index contributed by atoms with van der Waals surface area (Å²) in [6.45, 7) is 0. The average Bonchev–Trinajstić information content (AvgIpc) is 3.24. The van der Waals surface area contributed by atoms with E-state index in [0.29, 0.717) is 0 Å².